The Morgan fingerprint density at radius 2 is 1.51 bits per heavy atom. The number of nitrogens with one attached hydrogen (secondary N) is 1. The molecule has 242 valence electrons. The summed E-state index contributed by atoms with van der Waals surface area (Å²) < 4.78 is 21.4. The summed E-state index contributed by atoms with van der Waals surface area (Å²) in [5, 5.41) is 4.90. The highest BCUT2D eigenvalue weighted by Gasteiger charge is 2.53. The zero-order valence-electron chi connectivity index (χ0n) is 26.5. The van der Waals surface area contributed by atoms with Crippen molar-refractivity contribution in [2.75, 3.05) is 11.9 Å². The number of imidazole rings is 1. The fourth-order valence-electron chi connectivity index (χ4n) is 6.24. The molecule has 47 heavy (non-hydrogen) atoms. The van der Waals surface area contributed by atoms with Crippen LogP contribution in [0, 0.1) is 0 Å². The van der Waals surface area contributed by atoms with E-state index >= 15 is 0 Å². The van der Waals surface area contributed by atoms with Crippen molar-refractivity contribution in [2.45, 2.75) is 56.0 Å². The normalized spacial score (nSPS) is 19.9. The molecule has 5 aromatic rings. The van der Waals surface area contributed by atoms with Crippen molar-refractivity contribution in [3.63, 3.8) is 0 Å². The monoisotopic (exact) mass is 713 g/mol. The minimum atomic E-state index is -2.87. The van der Waals surface area contributed by atoms with Crippen molar-refractivity contribution in [1.82, 2.24) is 19.5 Å². The second kappa shape index (κ2) is 13.5. The third-order valence-electron chi connectivity index (χ3n) is 8.35. The van der Waals surface area contributed by atoms with Crippen molar-refractivity contribution >= 4 is 63.5 Å². The summed E-state index contributed by atoms with van der Waals surface area (Å²) in [4.78, 5) is 38.1. The molecule has 0 radical (unpaired) electrons. The van der Waals surface area contributed by atoms with E-state index in [1.165, 1.54) is 13.3 Å². The summed E-state index contributed by atoms with van der Waals surface area (Å²) >= 11 is 3.80. The van der Waals surface area contributed by atoms with E-state index in [9.17, 15) is 9.59 Å². The quantitative estimate of drug-likeness (QED) is 0.125. The number of rotatable bonds is 9. The lowest BCUT2D eigenvalue weighted by molar-refractivity contribution is -0.152. The molecule has 1 amide bonds. The molecule has 1 N–H and O–H groups in total. The van der Waals surface area contributed by atoms with Gasteiger partial charge >= 0.3 is 5.97 Å². The number of hydrogen-bond acceptors (Lipinski definition) is 8. The highest BCUT2D eigenvalue weighted by molar-refractivity contribution is 9.09. The Bertz CT molecular complexity index is 1810. The summed E-state index contributed by atoms with van der Waals surface area (Å²) in [7, 11) is -2.87. The average Bonchev–Trinajstić information content (AvgIpc) is 3.63. The molecule has 0 bridgehead atoms. The first-order valence-corrected chi connectivity index (χ1v) is 18.2. The summed E-state index contributed by atoms with van der Waals surface area (Å²) in [6, 6.07) is 29.6. The van der Waals surface area contributed by atoms with E-state index in [1.807, 2.05) is 42.5 Å². The van der Waals surface area contributed by atoms with Gasteiger partial charge in [0.05, 0.1) is 23.9 Å². The number of anilines is 1. The Kier molecular flexibility index (Phi) is 9.38. The number of carbonyl (C=O) groups is 2. The topological polar surface area (TPSA) is 117 Å². The number of fused-ring (bicyclic) bond motifs is 1. The molecule has 3 aromatic carbocycles. The molecule has 0 saturated carbocycles. The van der Waals surface area contributed by atoms with Gasteiger partial charge in [-0.2, -0.15) is 0 Å². The number of amides is 1. The molecular weight excluding hydrogens is 678 g/mol. The Morgan fingerprint density at radius 3 is 2.09 bits per heavy atom. The van der Waals surface area contributed by atoms with Gasteiger partial charge in [-0.3, -0.25) is 14.2 Å². The van der Waals surface area contributed by atoms with Crippen molar-refractivity contribution in [3.05, 3.63) is 109 Å². The van der Waals surface area contributed by atoms with E-state index in [0.717, 1.165) is 10.4 Å². The number of ether oxygens (including phenoxy) is 2. The van der Waals surface area contributed by atoms with E-state index in [0.29, 0.717) is 16.7 Å². The molecular formula is C35H36BrN5O5Si. The third-order valence-corrected chi connectivity index (χ3v) is 14.5. The van der Waals surface area contributed by atoms with Gasteiger partial charge in [-0.25, -0.2) is 15.0 Å². The van der Waals surface area contributed by atoms with Gasteiger partial charge in [0.25, 0.3) is 14.2 Å². The van der Waals surface area contributed by atoms with Crippen LogP contribution in [0.2, 0.25) is 5.04 Å². The first kappa shape index (κ1) is 32.7. The number of nitrogens with zero attached hydrogens (tertiary/aromatic N) is 4. The first-order chi connectivity index (χ1) is 22.6. The minimum absolute atomic E-state index is 0.233. The predicted molar refractivity (Wildman–Crippen MR) is 185 cm³/mol. The van der Waals surface area contributed by atoms with Crippen LogP contribution < -0.4 is 15.7 Å². The lowest BCUT2D eigenvalue weighted by atomic mass is 10.2. The van der Waals surface area contributed by atoms with Crippen LogP contribution in [0.15, 0.2) is 104 Å². The maximum Gasteiger partial charge on any atom is 0.303 e. The minimum Gasteiger partial charge on any atom is -0.456 e. The molecule has 10 nitrogen and oxygen atoms in total. The lowest BCUT2D eigenvalue weighted by Gasteiger charge is -2.43. The van der Waals surface area contributed by atoms with E-state index in [1.54, 1.807) is 35.2 Å². The number of carbonyl (C=O) groups excluding carboxylic acids is 2. The van der Waals surface area contributed by atoms with Gasteiger partial charge in [0.2, 0.25) is 0 Å². The van der Waals surface area contributed by atoms with Crippen LogP contribution in [0.5, 0.6) is 0 Å². The Morgan fingerprint density at radius 1 is 0.915 bits per heavy atom. The maximum atomic E-state index is 12.9. The molecule has 0 spiro atoms. The number of hydrogen-bond donors (Lipinski definition) is 1. The van der Waals surface area contributed by atoms with Gasteiger partial charge < -0.3 is 19.2 Å². The molecule has 1 aliphatic rings. The second-order valence-electron chi connectivity index (χ2n) is 12.4. The largest absolute Gasteiger partial charge is 0.456 e. The number of halogens is 1. The van der Waals surface area contributed by atoms with Gasteiger partial charge in [-0.15, -0.1) is 0 Å². The van der Waals surface area contributed by atoms with Crippen LogP contribution in [-0.2, 0) is 18.7 Å². The van der Waals surface area contributed by atoms with Crippen LogP contribution in [0.25, 0.3) is 11.2 Å². The summed E-state index contributed by atoms with van der Waals surface area (Å²) in [6.45, 7) is 8.26. The summed E-state index contributed by atoms with van der Waals surface area (Å²) in [5.41, 5.74) is 1.28. The Labute approximate surface area is 282 Å². The molecule has 2 aromatic heterocycles. The second-order valence-corrected chi connectivity index (χ2v) is 17.8. The van der Waals surface area contributed by atoms with Gasteiger partial charge in [0.1, 0.15) is 6.33 Å². The zero-order chi connectivity index (χ0) is 33.2. The number of esters is 1. The van der Waals surface area contributed by atoms with Gasteiger partial charge in [-0.1, -0.05) is 116 Å². The fraction of sp³-hybridized carbons (Fsp3) is 0.286. The highest BCUT2D eigenvalue weighted by atomic mass is 79.9. The number of alkyl halides is 1. The molecule has 3 heterocycles. The Hall–Kier alpha value is -4.23. The molecule has 1 saturated heterocycles. The summed E-state index contributed by atoms with van der Waals surface area (Å²) in [6.07, 6.45) is 0.904. The highest BCUT2D eigenvalue weighted by Crippen LogP contribution is 2.41. The molecule has 1 fully saturated rings. The standard InChI is InChI=1S/C35H36BrN5O5Si/c1-23(42)45-30-28(36)27(20-44-47(35(2,3)4,25-16-10-6-11-17-25)26-18-12-7-13-19-26)46-34(30)41-22-39-29-31(37-21-38-32(29)41)40-33(43)24-14-8-5-9-15-24/h5-19,21-22,27-28,30,34H,20H2,1-4H3,(H,37,38,40,43)/t27-,28+,30-,34-/m1/s1. The number of aromatic nitrogens is 4. The Balaban J connectivity index is 1.32. The van der Waals surface area contributed by atoms with E-state index in [-0.39, 0.29) is 23.4 Å². The van der Waals surface area contributed by atoms with Crippen LogP contribution in [0.4, 0.5) is 5.82 Å². The maximum absolute atomic E-state index is 12.9. The van der Waals surface area contributed by atoms with E-state index < -0.39 is 37.5 Å². The smallest absolute Gasteiger partial charge is 0.303 e. The van der Waals surface area contributed by atoms with Crippen molar-refractivity contribution in [2.24, 2.45) is 0 Å². The van der Waals surface area contributed by atoms with Crippen LogP contribution in [0.1, 0.15) is 44.3 Å². The lowest BCUT2D eigenvalue weighted by Crippen LogP contribution is -2.67. The summed E-state index contributed by atoms with van der Waals surface area (Å²) in [5.74, 6) is -0.515. The molecule has 6 rings (SSSR count). The molecule has 4 atom stereocenters. The van der Waals surface area contributed by atoms with Gasteiger partial charge in [0, 0.05) is 12.5 Å². The fourth-order valence-corrected chi connectivity index (χ4v) is 11.5. The van der Waals surface area contributed by atoms with E-state index in [2.05, 4.69) is 81.2 Å². The van der Waals surface area contributed by atoms with Gasteiger partial charge in [0.15, 0.2) is 29.3 Å². The zero-order valence-corrected chi connectivity index (χ0v) is 29.1. The van der Waals surface area contributed by atoms with Crippen LogP contribution in [0.3, 0.4) is 0 Å². The van der Waals surface area contributed by atoms with Gasteiger partial charge in [-0.05, 0) is 27.5 Å². The van der Waals surface area contributed by atoms with Crippen molar-refractivity contribution in [1.29, 1.82) is 0 Å². The first-order valence-electron chi connectivity index (χ1n) is 15.4. The molecule has 1 aliphatic heterocycles. The predicted octanol–water partition coefficient (Wildman–Crippen LogP) is 5.25. The number of benzene rings is 3. The SMILES string of the molecule is CC(=O)O[C@@H]1[C@@H](Br)[C@@H](CO[Si](c2ccccc2)(c2ccccc2)C(C)(C)C)O[C@H]1n1cnc2c(NC(=O)c3ccccc3)ncnc21. The molecule has 0 aliphatic carbocycles. The molecule has 12 heteroatoms. The van der Waals surface area contributed by atoms with Crippen LogP contribution >= 0.6 is 15.9 Å². The third kappa shape index (κ3) is 6.38. The van der Waals surface area contributed by atoms with Crippen molar-refractivity contribution in [3.8, 4) is 0 Å². The van der Waals surface area contributed by atoms with Crippen LogP contribution in [-0.4, -0.2) is 63.4 Å². The molecule has 0 unspecified atom stereocenters. The van der Waals surface area contributed by atoms with E-state index in [4.69, 9.17) is 13.9 Å². The average molecular weight is 715 g/mol. The van der Waals surface area contributed by atoms with Crippen molar-refractivity contribution < 1.29 is 23.5 Å².